The lowest BCUT2D eigenvalue weighted by Gasteiger charge is -2.28. The molecule has 496 valence electrons. The minimum absolute atomic E-state index is 0.0440. The minimum Gasteiger partial charge on any atom is -0.756 e. The van der Waals surface area contributed by atoms with Gasteiger partial charge in [-0.1, -0.05) is 280 Å². The van der Waals surface area contributed by atoms with Gasteiger partial charge in [0, 0.05) is 12.8 Å². The quantitative estimate of drug-likeness (QED) is 0.0195. The number of carbonyl (C=O) groups is 2. The van der Waals surface area contributed by atoms with Crippen LogP contribution in [0.15, 0.2) is 182 Å². The topological polar surface area (TPSA) is 111 Å². The van der Waals surface area contributed by atoms with Crippen LogP contribution in [0.3, 0.4) is 0 Å². The minimum atomic E-state index is -4.66. The highest BCUT2D eigenvalue weighted by Crippen LogP contribution is 2.38. The number of ether oxygens (including phenoxy) is 2. The largest absolute Gasteiger partial charge is 0.756 e. The van der Waals surface area contributed by atoms with Crippen molar-refractivity contribution in [2.24, 2.45) is 0 Å². The second kappa shape index (κ2) is 66.5. The highest BCUT2D eigenvalue weighted by molar-refractivity contribution is 7.45. The maximum absolute atomic E-state index is 12.9. The number of rotatable bonds is 61. The smallest absolute Gasteiger partial charge is 0.306 e. The summed E-state index contributed by atoms with van der Waals surface area (Å²) in [5.41, 5.74) is 0. The van der Waals surface area contributed by atoms with Gasteiger partial charge in [-0.3, -0.25) is 14.2 Å². The van der Waals surface area contributed by atoms with Gasteiger partial charge in [-0.15, -0.1) is 0 Å². The lowest BCUT2D eigenvalue weighted by molar-refractivity contribution is -0.870. The van der Waals surface area contributed by atoms with Gasteiger partial charge in [0.1, 0.15) is 19.8 Å². The number of phosphoric ester groups is 1. The van der Waals surface area contributed by atoms with E-state index in [1.807, 2.05) is 21.1 Å². The van der Waals surface area contributed by atoms with Crippen molar-refractivity contribution in [3.8, 4) is 0 Å². The van der Waals surface area contributed by atoms with Gasteiger partial charge < -0.3 is 27.9 Å². The van der Waals surface area contributed by atoms with Crippen LogP contribution in [0.1, 0.15) is 245 Å². The fraction of sp³-hybridized carbons (Fsp3) is 0.590. The zero-order chi connectivity index (χ0) is 64.1. The first-order valence-electron chi connectivity index (χ1n) is 34.5. The molecule has 0 aliphatic heterocycles. The third kappa shape index (κ3) is 70.2. The van der Waals surface area contributed by atoms with Gasteiger partial charge in [-0.25, -0.2) is 0 Å². The van der Waals surface area contributed by atoms with E-state index in [-0.39, 0.29) is 26.1 Å². The molecule has 0 saturated carbocycles. The second-order valence-electron chi connectivity index (χ2n) is 23.4. The number of allylic oxidation sites excluding steroid dienone is 30. The predicted molar refractivity (Wildman–Crippen MR) is 378 cm³/mol. The van der Waals surface area contributed by atoms with Crippen LogP contribution in [0.5, 0.6) is 0 Å². The standard InChI is InChI=1S/C78H126NO8P/c1-6-8-10-12-14-16-18-20-22-24-26-28-30-32-34-36-37-38-39-40-41-43-45-47-49-51-53-55-57-59-61-63-65-67-69-71-78(81)87-76(75-86-88(82,83)85-73-72-79(3,4)5)74-84-77(80)70-68-66-64-62-60-58-56-54-52-50-48-46-44-42-35-33-31-29-27-25-23-21-19-17-15-13-11-9-7-2/h8-11,14-17,20-23,26-29,32-35,37-38,40-41,44-47,51,53,76H,6-7,12-13,18-19,24-25,30-31,36,39,42-43,48-50,52,54-75H2,1-5H3/b10-8-,11-9-,16-14-,17-15-,22-20-,23-21-,28-26-,29-27-,34-32-,35-33-,38-37-,41-40-,46-44-,47-45-,53-51-. The van der Waals surface area contributed by atoms with Crippen LogP contribution >= 0.6 is 7.82 Å². The van der Waals surface area contributed by atoms with E-state index in [1.165, 1.54) is 51.4 Å². The Hall–Kier alpha value is -4.89. The summed E-state index contributed by atoms with van der Waals surface area (Å²) < 4.78 is 34.3. The third-order valence-electron chi connectivity index (χ3n) is 13.9. The van der Waals surface area contributed by atoms with Gasteiger partial charge in [0.05, 0.1) is 27.7 Å². The summed E-state index contributed by atoms with van der Waals surface area (Å²) in [5, 5.41) is 0. The van der Waals surface area contributed by atoms with Crippen molar-refractivity contribution in [3.05, 3.63) is 182 Å². The molecule has 0 aliphatic carbocycles. The Balaban J connectivity index is 4.18. The van der Waals surface area contributed by atoms with Crippen molar-refractivity contribution in [1.82, 2.24) is 0 Å². The first kappa shape index (κ1) is 83.1. The number of phosphoric acid groups is 1. The molecule has 0 fully saturated rings. The van der Waals surface area contributed by atoms with Crippen molar-refractivity contribution < 1.29 is 42.1 Å². The second-order valence-corrected chi connectivity index (χ2v) is 24.8. The van der Waals surface area contributed by atoms with Gasteiger partial charge in [0.15, 0.2) is 6.10 Å². The number of hydrogen-bond acceptors (Lipinski definition) is 8. The van der Waals surface area contributed by atoms with Crippen LogP contribution in [0, 0.1) is 0 Å². The number of unbranched alkanes of at least 4 members (excludes halogenated alkanes) is 17. The van der Waals surface area contributed by atoms with Gasteiger partial charge in [0.25, 0.3) is 7.82 Å². The summed E-state index contributed by atoms with van der Waals surface area (Å²) in [4.78, 5) is 38.1. The molecule has 88 heavy (non-hydrogen) atoms. The maximum Gasteiger partial charge on any atom is 0.306 e. The summed E-state index contributed by atoms with van der Waals surface area (Å²) in [5.74, 6) is -0.863. The van der Waals surface area contributed by atoms with Gasteiger partial charge in [-0.05, 0) is 135 Å². The van der Waals surface area contributed by atoms with Crippen LogP contribution in [0.2, 0.25) is 0 Å². The molecular formula is C78H126NO8P. The maximum atomic E-state index is 12.9. The average molecular weight is 1240 g/mol. The molecule has 0 amide bonds. The molecule has 0 aliphatic rings. The molecule has 0 heterocycles. The molecule has 0 aromatic heterocycles. The number of carbonyl (C=O) groups excluding carboxylic acids is 2. The van der Waals surface area contributed by atoms with E-state index in [2.05, 4.69) is 196 Å². The number of likely N-dealkylation sites (N-methyl/N-ethyl adjacent to an activating group) is 1. The van der Waals surface area contributed by atoms with Crippen molar-refractivity contribution in [1.29, 1.82) is 0 Å². The lowest BCUT2D eigenvalue weighted by Crippen LogP contribution is -2.37. The van der Waals surface area contributed by atoms with Crippen molar-refractivity contribution >= 4 is 19.8 Å². The van der Waals surface area contributed by atoms with Crippen molar-refractivity contribution in [2.75, 3.05) is 47.5 Å². The summed E-state index contributed by atoms with van der Waals surface area (Å²) in [6.07, 6.45) is 102. The number of quaternary nitrogens is 1. The van der Waals surface area contributed by atoms with E-state index < -0.39 is 32.5 Å². The molecule has 2 atom stereocenters. The Morgan fingerprint density at radius 1 is 0.352 bits per heavy atom. The van der Waals surface area contributed by atoms with Crippen LogP contribution in [-0.2, 0) is 32.7 Å². The number of esters is 2. The van der Waals surface area contributed by atoms with Gasteiger partial charge in [-0.2, -0.15) is 0 Å². The average Bonchev–Trinajstić information content (AvgIpc) is 3.57. The van der Waals surface area contributed by atoms with E-state index in [0.717, 1.165) is 154 Å². The summed E-state index contributed by atoms with van der Waals surface area (Å²) in [7, 11) is 1.13. The Kier molecular flexibility index (Phi) is 62.8. The Morgan fingerprint density at radius 2 is 0.614 bits per heavy atom. The number of nitrogens with zero attached hydrogens (tertiary/aromatic N) is 1. The fourth-order valence-corrected chi connectivity index (χ4v) is 9.44. The van der Waals surface area contributed by atoms with E-state index in [9.17, 15) is 19.0 Å². The molecular weight excluding hydrogens is 1110 g/mol. The first-order chi connectivity index (χ1) is 43.0. The Morgan fingerprint density at radius 3 is 0.909 bits per heavy atom. The molecule has 0 spiro atoms. The van der Waals surface area contributed by atoms with E-state index in [0.29, 0.717) is 23.9 Å². The van der Waals surface area contributed by atoms with Crippen molar-refractivity contribution in [2.45, 2.75) is 251 Å². The molecule has 0 saturated heterocycles. The molecule has 10 heteroatoms. The van der Waals surface area contributed by atoms with Crippen LogP contribution in [-0.4, -0.2) is 70.0 Å². The molecule has 9 nitrogen and oxygen atoms in total. The van der Waals surface area contributed by atoms with E-state index in [1.54, 1.807) is 0 Å². The summed E-state index contributed by atoms with van der Waals surface area (Å²) >= 11 is 0. The summed E-state index contributed by atoms with van der Waals surface area (Å²) in [6.45, 7) is 3.98. The molecule has 0 aromatic rings. The lowest BCUT2D eigenvalue weighted by atomic mass is 10.1. The van der Waals surface area contributed by atoms with E-state index in [4.69, 9.17) is 18.5 Å². The van der Waals surface area contributed by atoms with Crippen LogP contribution in [0.25, 0.3) is 0 Å². The predicted octanol–water partition coefficient (Wildman–Crippen LogP) is 22.1. The fourth-order valence-electron chi connectivity index (χ4n) is 8.71. The molecule has 0 rings (SSSR count). The zero-order valence-corrected chi connectivity index (χ0v) is 57.2. The van der Waals surface area contributed by atoms with Gasteiger partial charge in [0.2, 0.25) is 0 Å². The number of hydrogen-bond donors (Lipinski definition) is 0. The van der Waals surface area contributed by atoms with Crippen LogP contribution in [0.4, 0.5) is 0 Å². The van der Waals surface area contributed by atoms with Gasteiger partial charge >= 0.3 is 11.9 Å². The molecule has 2 unspecified atom stereocenters. The SMILES string of the molecule is CC/C=C\C/C=C\C/C=C\C/C=C\C/C=C\C/C=C\C/C=C\C/C=C\C/C=C\CCCCCCCCCC(=O)OC(COC(=O)CCCCCCCCCCCC/C=C\C/C=C\C/C=C\C/C=C\C/C=C\C/C=C\CC)COP(=O)([O-])OCC[N+](C)(C)C. The monoisotopic (exact) mass is 1240 g/mol. The van der Waals surface area contributed by atoms with Crippen LogP contribution < -0.4 is 4.89 Å². The first-order valence-corrected chi connectivity index (χ1v) is 36.0. The van der Waals surface area contributed by atoms with Crippen molar-refractivity contribution in [3.63, 3.8) is 0 Å². The Labute approximate surface area is 540 Å². The third-order valence-corrected chi connectivity index (χ3v) is 14.9. The zero-order valence-electron chi connectivity index (χ0n) is 56.3. The molecule has 0 aromatic carbocycles. The normalized spacial score (nSPS) is 14.3. The Bertz CT molecular complexity index is 2140. The highest BCUT2D eigenvalue weighted by Gasteiger charge is 2.22. The molecule has 0 N–H and O–H groups in total. The summed E-state index contributed by atoms with van der Waals surface area (Å²) in [6, 6.07) is 0. The highest BCUT2D eigenvalue weighted by atomic mass is 31.2. The molecule has 0 radical (unpaired) electrons. The molecule has 0 bridgehead atoms. The van der Waals surface area contributed by atoms with E-state index >= 15 is 0 Å².